The molecule has 0 bridgehead atoms. The third kappa shape index (κ3) is 2.69. The van der Waals surface area contributed by atoms with Crippen molar-refractivity contribution in [2.45, 2.75) is 12.5 Å². The zero-order chi connectivity index (χ0) is 14.8. The maximum atomic E-state index is 11.8. The average Bonchev–Trinajstić information content (AvgIpc) is 2.48. The first-order valence-corrected chi connectivity index (χ1v) is 6.49. The van der Waals surface area contributed by atoms with E-state index in [-0.39, 0.29) is 12.3 Å². The molecule has 21 heavy (non-hydrogen) atoms. The van der Waals surface area contributed by atoms with E-state index in [2.05, 4.69) is 15.6 Å². The number of carbonyl (C=O) groups excluding carboxylic acids is 1. The first-order chi connectivity index (χ1) is 10.1. The van der Waals surface area contributed by atoms with Gasteiger partial charge in [0.25, 0.3) is 0 Å². The highest BCUT2D eigenvalue weighted by Crippen LogP contribution is 2.25. The molecule has 2 aromatic rings. The number of carbonyl (C=O) groups is 2. The standard InChI is InChI=1S/C15H13N3O3/c19-14-13(18-15(20)21)8-12-11(17-14)7-6-10(16-12)9-4-2-1-3-5-9/h1-7,13,18H,8H2,(H,17,19)(H,20,21). The summed E-state index contributed by atoms with van der Waals surface area (Å²) in [6.07, 6.45) is -0.980. The van der Waals surface area contributed by atoms with Gasteiger partial charge in [-0.05, 0) is 12.1 Å². The van der Waals surface area contributed by atoms with Crippen LogP contribution in [-0.4, -0.2) is 28.1 Å². The fourth-order valence-corrected chi connectivity index (χ4v) is 2.31. The molecule has 0 saturated carbocycles. The molecule has 6 nitrogen and oxygen atoms in total. The summed E-state index contributed by atoms with van der Waals surface area (Å²) in [6.45, 7) is 0. The van der Waals surface area contributed by atoms with Gasteiger partial charge in [0.1, 0.15) is 6.04 Å². The zero-order valence-electron chi connectivity index (χ0n) is 11.0. The number of pyridine rings is 1. The molecule has 2 amide bonds. The summed E-state index contributed by atoms with van der Waals surface area (Å²) in [5.74, 6) is -0.362. The molecule has 0 aliphatic carbocycles. The van der Waals surface area contributed by atoms with Gasteiger partial charge in [0.2, 0.25) is 5.91 Å². The molecule has 0 spiro atoms. The van der Waals surface area contributed by atoms with Crippen LogP contribution in [0.3, 0.4) is 0 Å². The molecule has 0 radical (unpaired) electrons. The molecule has 1 aliphatic heterocycles. The Morgan fingerprint density at radius 2 is 2.00 bits per heavy atom. The minimum Gasteiger partial charge on any atom is -0.465 e. The van der Waals surface area contributed by atoms with Crippen LogP contribution < -0.4 is 10.6 Å². The Morgan fingerprint density at radius 1 is 1.24 bits per heavy atom. The van der Waals surface area contributed by atoms with Crippen molar-refractivity contribution in [2.24, 2.45) is 0 Å². The lowest BCUT2D eigenvalue weighted by atomic mass is 10.0. The summed E-state index contributed by atoms with van der Waals surface area (Å²) in [5, 5.41) is 13.6. The highest BCUT2D eigenvalue weighted by atomic mass is 16.4. The van der Waals surface area contributed by atoms with Crippen LogP contribution in [0.5, 0.6) is 0 Å². The molecule has 0 fully saturated rings. The Kier molecular flexibility index (Phi) is 3.27. The monoisotopic (exact) mass is 283 g/mol. The van der Waals surface area contributed by atoms with E-state index in [1.54, 1.807) is 6.07 Å². The molecule has 106 valence electrons. The first kappa shape index (κ1) is 13.1. The molecule has 6 heteroatoms. The van der Waals surface area contributed by atoms with E-state index in [0.717, 1.165) is 11.3 Å². The topological polar surface area (TPSA) is 91.3 Å². The maximum Gasteiger partial charge on any atom is 0.405 e. The number of anilines is 1. The van der Waals surface area contributed by atoms with E-state index < -0.39 is 12.1 Å². The maximum absolute atomic E-state index is 11.8. The summed E-state index contributed by atoms with van der Waals surface area (Å²) >= 11 is 0. The Hall–Kier alpha value is -2.89. The number of aromatic nitrogens is 1. The molecule has 3 N–H and O–H groups in total. The van der Waals surface area contributed by atoms with Crippen molar-refractivity contribution in [1.29, 1.82) is 0 Å². The fraction of sp³-hybridized carbons (Fsp3) is 0.133. The molecule has 1 aromatic carbocycles. The Labute approximate surface area is 120 Å². The molecule has 1 unspecified atom stereocenters. The zero-order valence-corrected chi connectivity index (χ0v) is 11.0. The van der Waals surface area contributed by atoms with Crippen molar-refractivity contribution in [1.82, 2.24) is 10.3 Å². The molecular weight excluding hydrogens is 270 g/mol. The lowest BCUT2D eigenvalue weighted by molar-refractivity contribution is -0.118. The van der Waals surface area contributed by atoms with Crippen molar-refractivity contribution >= 4 is 17.7 Å². The van der Waals surface area contributed by atoms with Crippen molar-refractivity contribution in [3.8, 4) is 11.3 Å². The van der Waals surface area contributed by atoms with Crippen molar-refractivity contribution in [2.75, 3.05) is 5.32 Å². The van der Waals surface area contributed by atoms with Gasteiger partial charge in [-0.2, -0.15) is 0 Å². The van der Waals surface area contributed by atoms with Crippen LogP contribution in [0.4, 0.5) is 10.5 Å². The third-order valence-electron chi connectivity index (χ3n) is 3.31. The molecule has 2 heterocycles. The normalized spacial score (nSPS) is 16.8. The third-order valence-corrected chi connectivity index (χ3v) is 3.31. The van der Waals surface area contributed by atoms with Crippen molar-refractivity contribution in [3.05, 3.63) is 48.2 Å². The number of nitrogens with zero attached hydrogens (tertiary/aromatic N) is 1. The second kappa shape index (κ2) is 5.24. The SMILES string of the molecule is O=C(O)NC1Cc2nc(-c3ccccc3)ccc2NC1=O. The van der Waals surface area contributed by atoms with E-state index in [0.29, 0.717) is 11.4 Å². The van der Waals surface area contributed by atoms with E-state index >= 15 is 0 Å². The van der Waals surface area contributed by atoms with Gasteiger partial charge in [-0.1, -0.05) is 30.3 Å². The number of hydrogen-bond donors (Lipinski definition) is 3. The minimum atomic E-state index is -1.22. The van der Waals surface area contributed by atoms with Gasteiger partial charge in [0.05, 0.1) is 17.1 Å². The van der Waals surface area contributed by atoms with Crippen LogP contribution in [0, 0.1) is 0 Å². The van der Waals surface area contributed by atoms with Gasteiger partial charge in [-0.25, -0.2) is 4.79 Å². The van der Waals surface area contributed by atoms with Crippen LogP contribution in [0.2, 0.25) is 0 Å². The Morgan fingerprint density at radius 3 is 2.71 bits per heavy atom. The van der Waals surface area contributed by atoms with Gasteiger partial charge in [0, 0.05) is 12.0 Å². The van der Waals surface area contributed by atoms with Gasteiger partial charge in [-0.3, -0.25) is 9.78 Å². The van der Waals surface area contributed by atoms with Crippen LogP contribution >= 0.6 is 0 Å². The smallest absolute Gasteiger partial charge is 0.405 e. The van der Waals surface area contributed by atoms with Crippen molar-refractivity contribution < 1.29 is 14.7 Å². The van der Waals surface area contributed by atoms with Crippen LogP contribution in [0.15, 0.2) is 42.5 Å². The highest BCUT2D eigenvalue weighted by Gasteiger charge is 2.28. The number of benzene rings is 1. The van der Waals surface area contributed by atoms with Gasteiger partial charge >= 0.3 is 6.09 Å². The molecule has 1 atom stereocenters. The Balaban J connectivity index is 1.92. The number of fused-ring (bicyclic) bond motifs is 1. The molecule has 3 rings (SSSR count). The van der Waals surface area contributed by atoms with Crippen LogP contribution in [0.1, 0.15) is 5.69 Å². The molecule has 0 saturated heterocycles. The average molecular weight is 283 g/mol. The number of amides is 2. The van der Waals surface area contributed by atoms with Gasteiger partial charge in [-0.15, -0.1) is 0 Å². The number of carboxylic acid groups (broad SMARTS) is 1. The lowest BCUT2D eigenvalue weighted by Gasteiger charge is -2.24. The number of nitrogens with one attached hydrogen (secondary N) is 2. The second-order valence-corrected chi connectivity index (χ2v) is 4.75. The second-order valence-electron chi connectivity index (χ2n) is 4.75. The summed E-state index contributed by atoms with van der Waals surface area (Å²) in [6, 6.07) is 12.5. The predicted molar refractivity (Wildman–Crippen MR) is 77.0 cm³/mol. The van der Waals surface area contributed by atoms with E-state index in [1.807, 2.05) is 36.4 Å². The van der Waals surface area contributed by atoms with Crippen molar-refractivity contribution in [3.63, 3.8) is 0 Å². The highest BCUT2D eigenvalue weighted by molar-refractivity contribution is 5.99. The molecule has 1 aliphatic rings. The minimum absolute atomic E-state index is 0.244. The molecule has 1 aromatic heterocycles. The summed E-state index contributed by atoms with van der Waals surface area (Å²) in [7, 11) is 0. The Bertz CT molecular complexity index is 701. The predicted octanol–water partition coefficient (Wildman–Crippen LogP) is 1.88. The van der Waals surface area contributed by atoms with Gasteiger partial charge in [0.15, 0.2) is 0 Å². The van der Waals surface area contributed by atoms with Crippen LogP contribution in [0.25, 0.3) is 11.3 Å². The van der Waals surface area contributed by atoms with E-state index in [1.165, 1.54) is 0 Å². The summed E-state index contributed by atoms with van der Waals surface area (Å²) < 4.78 is 0. The lowest BCUT2D eigenvalue weighted by Crippen LogP contribution is -2.47. The number of rotatable bonds is 2. The fourth-order valence-electron chi connectivity index (χ4n) is 2.31. The van der Waals surface area contributed by atoms with Gasteiger partial charge < -0.3 is 15.7 Å². The largest absolute Gasteiger partial charge is 0.465 e. The quantitative estimate of drug-likeness (QED) is 0.784. The van der Waals surface area contributed by atoms with E-state index in [9.17, 15) is 9.59 Å². The first-order valence-electron chi connectivity index (χ1n) is 6.49. The molecular formula is C15H13N3O3. The number of hydrogen-bond acceptors (Lipinski definition) is 3. The summed E-state index contributed by atoms with van der Waals surface area (Å²) in [5.41, 5.74) is 3.07. The van der Waals surface area contributed by atoms with E-state index in [4.69, 9.17) is 5.11 Å². The summed E-state index contributed by atoms with van der Waals surface area (Å²) in [4.78, 5) is 27.0. The van der Waals surface area contributed by atoms with Crippen LogP contribution in [-0.2, 0) is 11.2 Å².